The summed E-state index contributed by atoms with van der Waals surface area (Å²) in [7, 11) is 0. The Morgan fingerprint density at radius 2 is 1.88 bits per heavy atom. The molecule has 0 spiro atoms. The molecule has 1 aliphatic heterocycles. The van der Waals surface area contributed by atoms with Gasteiger partial charge in [0.2, 0.25) is 5.95 Å². The van der Waals surface area contributed by atoms with E-state index in [-0.39, 0.29) is 0 Å². The predicted molar refractivity (Wildman–Crippen MR) is 92.8 cm³/mol. The quantitative estimate of drug-likeness (QED) is 0.790. The van der Waals surface area contributed by atoms with Gasteiger partial charge in [0.15, 0.2) is 17.0 Å². The minimum atomic E-state index is 0.576. The van der Waals surface area contributed by atoms with Gasteiger partial charge in [0.1, 0.15) is 0 Å². The molecule has 1 N–H and O–H groups in total. The number of piperidine rings is 1. The summed E-state index contributed by atoms with van der Waals surface area (Å²) in [6.07, 6.45) is 10.6. The molecule has 3 aromatic rings. The first-order valence-electron chi connectivity index (χ1n) is 8.26. The molecule has 0 amide bonds. The zero-order valence-electron chi connectivity index (χ0n) is 13.4. The van der Waals surface area contributed by atoms with E-state index in [1.807, 2.05) is 18.3 Å². The molecule has 1 saturated heterocycles. The van der Waals surface area contributed by atoms with Gasteiger partial charge in [0.05, 0.1) is 0 Å². The van der Waals surface area contributed by atoms with Crippen LogP contribution in [0.5, 0.6) is 0 Å². The first-order chi connectivity index (χ1) is 11.9. The Hall–Kier alpha value is -2.83. The SMILES string of the molecule is c1cncc(CNc2nc(N3CCCCC3)c3nccnc3n2)c1. The lowest BCUT2D eigenvalue weighted by atomic mass is 10.1. The number of pyridine rings is 1. The van der Waals surface area contributed by atoms with Crippen molar-refractivity contribution >= 4 is 22.9 Å². The Balaban J connectivity index is 1.65. The van der Waals surface area contributed by atoms with E-state index in [1.54, 1.807) is 18.6 Å². The number of fused-ring (bicyclic) bond motifs is 1. The van der Waals surface area contributed by atoms with E-state index < -0.39 is 0 Å². The van der Waals surface area contributed by atoms with Crippen LogP contribution in [0.15, 0.2) is 36.9 Å². The van der Waals surface area contributed by atoms with Crippen molar-refractivity contribution in [3.05, 3.63) is 42.5 Å². The average molecular weight is 321 g/mol. The van der Waals surface area contributed by atoms with E-state index in [9.17, 15) is 0 Å². The molecule has 0 atom stereocenters. The van der Waals surface area contributed by atoms with Gasteiger partial charge in [-0.05, 0) is 30.9 Å². The van der Waals surface area contributed by atoms with Gasteiger partial charge < -0.3 is 10.2 Å². The fourth-order valence-electron chi connectivity index (χ4n) is 2.94. The Bertz CT molecular complexity index is 816. The average Bonchev–Trinajstić information content (AvgIpc) is 2.67. The third kappa shape index (κ3) is 3.10. The smallest absolute Gasteiger partial charge is 0.227 e. The van der Waals surface area contributed by atoms with Crippen molar-refractivity contribution < 1.29 is 0 Å². The van der Waals surface area contributed by atoms with E-state index in [0.29, 0.717) is 18.1 Å². The number of nitrogens with zero attached hydrogens (tertiary/aromatic N) is 6. The van der Waals surface area contributed by atoms with Crippen molar-refractivity contribution in [2.24, 2.45) is 0 Å². The molecule has 4 heterocycles. The molecular formula is C17H19N7. The van der Waals surface area contributed by atoms with Crippen LogP contribution in [0.2, 0.25) is 0 Å². The second-order valence-corrected chi connectivity index (χ2v) is 5.86. The molecule has 0 aromatic carbocycles. The topological polar surface area (TPSA) is 79.7 Å². The van der Waals surface area contributed by atoms with Gasteiger partial charge in [-0.1, -0.05) is 6.07 Å². The molecule has 0 aliphatic carbocycles. The zero-order chi connectivity index (χ0) is 16.2. The van der Waals surface area contributed by atoms with Crippen molar-refractivity contribution in [2.45, 2.75) is 25.8 Å². The van der Waals surface area contributed by atoms with Crippen molar-refractivity contribution in [3.8, 4) is 0 Å². The normalized spacial score (nSPS) is 14.8. The molecule has 1 fully saturated rings. The number of anilines is 2. The van der Waals surface area contributed by atoms with E-state index in [0.717, 1.165) is 30.0 Å². The van der Waals surface area contributed by atoms with Crippen LogP contribution in [0, 0.1) is 0 Å². The van der Waals surface area contributed by atoms with Gasteiger partial charge >= 0.3 is 0 Å². The molecule has 4 rings (SSSR count). The third-order valence-electron chi connectivity index (χ3n) is 4.14. The highest BCUT2D eigenvalue weighted by Gasteiger charge is 2.18. The van der Waals surface area contributed by atoms with Gasteiger partial charge in [0, 0.05) is 44.4 Å². The third-order valence-corrected chi connectivity index (χ3v) is 4.14. The van der Waals surface area contributed by atoms with Crippen LogP contribution in [0.4, 0.5) is 11.8 Å². The zero-order valence-corrected chi connectivity index (χ0v) is 13.4. The number of rotatable bonds is 4. The van der Waals surface area contributed by atoms with E-state index >= 15 is 0 Å². The maximum atomic E-state index is 4.72. The lowest BCUT2D eigenvalue weighted by Gasteiger charge is -2.28. The van der Waals surface area contributed by atoms with Gasteiger partial charge in [-0.3, -0.25) is 4.98 Å². The van der Waals surface area contributed by atoms with E-state index in [2.05, 4.69) is 30.2 Å². The molecule has 3 aromatic heterocycles. The van der Waals surface area contributed by atoms with E-state index in [4.69, 9.17) is 4.98 Å². The molecular weight excluding hydrogens is 302 g/mol. The Morgan fingerprint density at radius 3 is 2.71 bits per heavy atom. The summed E-state index contributed by atoms with van der Waals surface area (Å²) in [5.41, 5.74) is 2.48. The standard InChI is InChI=1S/C17H19N7/c1-2-9-24(10-3-1)16-14-15(20-8-7-19-14)22-17(23-16)21-12-13-5-4-6-18-11-13/h4-8,11H,1-3,9-10,12H2,(H,20,21,22,23). The Kier molecular flexibility index (Phi) is 4.14. The van der Waals surface area contributed by atoms with Gasteiger partial charge in [-0.2, -0.15) is 9.97 Å². The van der Waals surface area contributed by atoms with Gasteiger partial charge in [-0.15, -0.1) is 0 Å². The molecule has 122 valence electrons. The molecule has 0 bridgehead atoms. The summed E-state index contributed by atoms with van der Waals surface area (Å²) in [6, 6.07) is 3.94. The highest BCUT2D eigenvalue weighted by molar-refractivity contribution is 5.83. The van der Waals surface area contributed by atoms with Crippen LogP contribution < -0.4 is 10.2 Å². The first kappa shape index (κ1) is 14.7. The van der Waals surface area contributed by atoms with Gasteiger partial charge in [-0.25, -0.2) is 9.97 Å². The fourth-order valence-corrected chi connectivity index (χ4v) is 2.94. The lowest BCUT2D eigenvalue weighted by molar-refractivity contribution is 0.574. The monoisotopic (exact) mass is 321 g/mol. The predicted octanol–water partition coefficient (Wildman–Crippen LogP) is 2.42. The van der Waals surface area contributed by atoms with Crippen molar-refractivity contribution in [2.75, 3.05) is 23.3 Å². The van der Waals surface area contributed by atoms with Crippen molar-refractivity contribution in [1.82, 2.24) is 24.9 Å². The molecule has 0 unspecified atom stereocenters. The summed E-state index contributed by atoms with van der Waals surface area (Å²) in [4.78, 5) is 24.4. The summed E-state index contributed by atoms with van der Waals surface area (Å²) in [5.74, 6) is 1.45. The maximum absolute atomic E-state index is 4.72. The fraction of sp³-hybridized carbons (Fsp3) is 0.353. The summed E-state index contributed by atoms with van der Waals surface area (Å²) in [5, 5.41) is 3.28. The number of aromatic nitrogens is 5. The van der Waals surface area contributed by atoms with Crippen molar-refractivity contribution in [1.29, 1.82) is 0 Å². The minimum absolute atomic E-state index is 0.576. The largest absolute Gasteiger partial charge is 0.355 e. The molecule has 24 heavy (non-hydrogen) atoms. The molecule has 7 heteroatoms. The molecule has 7 nitrogen and oxygen atoms in total. The lowest BCUT2D eigenvalue weighted by Crippen LogP contribution is -2.30. The first-order valence-corrected chi connectivity index (χ1v) is 8.26. The van der Waals surface area contributed by atoms with Crippen molar-refractivity contribution in [3.63, 3.8) is 0 Å². The van der Waals surface area contributed by atoms with Crippen LogP contribution in [0.25, 0.3) is 11.2 Å². The minimum Gasteiger partial charge on any atom is -0.355 e. The number of hydrogen-bond donors (Lipinski definition) is 1. The highest BCUT2D eigenvalue weighted by atomic mass is 15.2. The van der Waals surface area contributed by atoms with Gasteiger partial charge in [0.25, 0.3) is 0 Å². The highest BCUT2D eigenvalue weighted by Crippen LogP contribution is 2.25. The van der Waals surface area contributed by atoms with Crippen LogP contribution in [-0.4, -0.2) is 38.0 Å². The maximum Gasteiger partial charge on any atom is 0.227 e. The number of nitrogens with one attached hydrogen (secondary N) is 1. The second kappa shape index (κ2) is 6.74. The van der Waals surface area contributed by atoms with E-state index in [1.165, 1.54) is 19.3 Å². The summed E-state index contributed by atoms with van der Waals surface area (Å²) < 4.78 is 0. The van der Waals surface area contributed by atoms with Crippen LogP contribution in [0.3, 0.4) is 0 Å². The molecule has 1 aliphatic rings. The number of hydrogen-bond acceptors (Lipinski definition) is 7. The second-order valence-electron chi connectivity index (χ2n) is 5.86. The summed E-state index contributed by atoms with van der Waals surface area (Å²) in [6.45, 7) is 2.63. The Morgan fingerprint density at radius 1 is 1.00 bits per heavy atom. The van der Waals surface area contributed by atoms with Crippen LogP contribution >= 0.6 is 0 Å². The van der Waals surface area contributed by atoms with Crippen LogP contribution in [0.1, 0.15) is 24.8 Å². The molecule has 0 radical (unpaired) electrons. The molecule has 0 saturated carbocycles. The summed E-state index contributed by atoms with van der Waals surface area (Å²) >= 11 is 0. The van der Waals surface area contributed by atoms with Crippen LogP contribution in [-0.2, 0) is 6.54 Å². The Labute approximate surface area is 140 Å².